The molecular weight excluding hydrogens is 188 g/mol. The number of hydrogen-bond acceptors (Lipinski definition) is 2. The largest absolute Gasteiger partial charge is 0.501 e. The summed E-state index contributed by atoms with van der Waals surface area (Å²) in [5.41, 5.74) is 1.51. The third-order valence-electron chi connectivity index (χ3n) is 3.39. The number of hydrogen-bond donors (Lipinski definition) is 0. The van der Waals surface area contributed by atoms with Gasteiger partial charge in [-0.2, -0.15) is 0 Å². The maximum Gasteiger partial charge on any atom is 0.0876 e. The minimum absolute atomic E-state index is 0.737. The van der Waals surface area contributed by atoms with E-state index < -0.39 is 0 Å². The first kappa shape index (κ1) is 11.0. The second-order valence-electron chi connectivity index (χ2n) is 4.73. The van der Waals surface area contributed by atoms with E-state index >= 15 is 0 Å². The molecule has 86 valence electrons. The Morgan fingerprint density at radius 1 is 1.27 bits per heavy atom. The third-order valence-corrected chi connectivity index (χ3v) is 3.39. The zero-order valence-electron chi connectivity index (χ0n) is 9.54. The van der Waals surface area contributed by atoms with E-state index in [9.17, 15) is 0 Å². The summed E-state index contributed by atoms with van der Waals surface area (Å²) >= 11 is 0. The van der Waals surface area contributed by atoms with Crippen molar-refractivity contribution in [2.75, 3.05) is 19.8 Å². The predicted molar refractivity (Wildman–Crippen MR) is 60.7 cm³/mol. The van der Waals surface area contributed by atoms with E-state index in [1.54, 1.807) is 0 Å². The highest BCUT2D eigenvalue weighted by Crippen LogP contribution is 2.23. The lowest BCUT2D eigenvalue weighted by atomic mass is 9.99. The second kappa shape index (κ2) is 6.16. The van der Waals surface area contributed by atoms with Crippen molar-refractivity contribution in [3.63, 3.8) is 0 Å². The average Bonchev–Trinajstić information content (AvgIpc) is 2.79. The van der Waals surface area contributed by atoms with Crippen molar-refractivity contribution in [2.24, 2.45) is 5.92 Å². The number of ether oxygens (including phenoxy) is 2. The summed E-state index contributed by atoms with van der Waals surface area (Å²) < 4.78 is 11.0. The van der Waals surface area contributed by atoms with Gasteiger partial charge in [0.15, 0.2) is 0 Å². The zero-order chi connectivity index (χ0) is 10.3. The molecule has 0 amide bonds. The van der Waals surface area contributed by atoms with Gasteiger partial charge in [-0.15, -0.1) is 0 Å². The van der Waals surface area contributed by atoms with Crippen molar-refractivity contribution in [1.82, 2.24) is 0 Å². The van der Waals surface area contributed by atoms with Gasteiger partial charge in [-0.05, 0) is 56.4 Å². The first-order valence-electron chi connectivity index (χ1n) is 6.32. The van der Waals surface area contributed by atoms with Crippen LogP contribution in [0.3, 0.4) is 0 Å². The van der Waals surface area contributed by atoms with Crippen molar-refractivity contribution >= 4 is 0 Å². The first-order valence-corrected chi connectivity index (χ1v) is 6.32. The fourth-order valence-electron chi connectivity index (χ4n) is 2.39. The molecule has 2 rings (SSSR count). The van der Waals surface area contributed by atoms with Gasteiger partial charge in [0.25, 0.3) is 0 Å². The van der Waals surface area contributed by atoms with Crippen LogP contribution in [0.25, 0.3) is 0 Å². The molecular formula is C13H22O2. The molecule has 1 saturated heterocycles. The summed E-state index contributed by atoms with van der Waals surface area (Å²) in [5.74, 6) is 0.737. The Morgan fingerprint density at radius 2 is 2.13 bits per heavy atom. The molecule has 0 bridgehead atoms. The lowest BCUT2D eigenvalue weighted by molar-refractivity contribution is 0.0433. The Morgan fingerprint density at radius 3 is 2.87 bits per heavy atom. The molecule has 1 saturated carbocycles. The topological polar surface area (TPSA) is 18.5 Å². The zero-order valence-corrected chi connectivity index (χ0v) is 9.54. The molecule has 1 heterocycles. The molecule has 0 spiro atoms. The van der Waals surface area contributed by atoms with Gasteiger partial charge >= 0.3 is 0 Å². The molecule has 1 unspecified atom stereocenters. The highest BCUT2D eigenvalue weighted by atomic mass is 16.5. The van der Waals surface area contributed by atoms with Crippen LogP contribution in [0.1, 0.15) is 44.9 Å². The van der Waals surface area contributed by atoms with Crippen LogP contribution in [0.5, 0.6) is 0 Å². The Bertz CT molecular complexity index is 197. The van der Waals surface area contributed by atoms with Crippen molar-refractivity contribution < 1.29 is 9.47 Å². The maximum absolute atomic E-state index is 5.60. The molecule has 2 heteroatoms. The van der Waals surface area contributed by atoms with Crippen molar-refractivity contribution in [3.05, 3.63) is 11.8 Å². The van der Waals surface area contributed by atoms with Crippen LogP contribution in [0.15, 0.2) is 11.8 Å². The first-order chi connectivity index (χ1) is 7.45. The summed E-state index contributed by atoms with van der Waals surface area (Å²) in [5, 5.41) is 0. The van der Waals surface area contributed by atoms with Crippen molar-refractivity contribution in [1.29, 1.82) is 0 Å². The minimum Gasteiger partial charge on any atom is -0.501 e. The lowest BCUT2D eigenvalue weighted by Crippen LogP contribution is -2.18. The highest BCUT2D eigenvalue weighted by molar-refractivity contribution is 5.02. The number of allylic oxidation sites excluding steroid dienone is 1. The van der Waals surface area contributed by atoms with Gasteiger partial charge in [-0.1, -0.05) is 0 Å². The Kier molecular flexibility index (Phi) is 4.52. The maximum atomic E-state index is 5.60. The minimum atomic E-state index is 0.737. The standard InChI is InChI=1S/C13H22O2/c1-2-5-12(4-1)10-15-9-7-13-6-3-8-14-11-13/h10,13H,1-9,11H2. The van der Waals surface area contributed by atoms with Gasteiger partial charge in [0.2, 0.25) is 0 Å². The molecule has 0 N–H and O–H groups in total. The fourth-order valence-corrected chi connectivity index (χ4v) is 2.39. The summed E-state index contributed by atoms with van der Waals surface area (Å²) in [6, 6.07) is 0. The van der Waals surface area contributed by atoms with Crippen molar-refractivity contribution in [3.8, 4) is 0 Å². The quantitative estimate of drug-likeness (QED) is 0.523. The highest BCUT2D eigenvalue weighted by Gasteiger charge is 2.13. The van der Waals surface area contributed by atoms with Crippen LogP contribution >= 0.6 is 0 Å². The SMILES string of the molecule is C(OCCC1CCCOC1)=C1CCCC1. The van der Waals surface area contributed by atoms with Crippen molar-refractivity contribution in [2.45, 2.75) is 44.9 Å². The van der Waals surface area contributed by atoms with Crippen LogP contribution < -0.4 is 0 Å². The third kappa shape index (κ3) is 3.86. The molecule has 1 aliphatic carbocycles. The van der Waals surface area contributed by atoms with E-state index in [1.165, 1.54) is 44.1 Å². The van der Waals surface area contributed by atoms with E-state index in [2.05, 4.69) is 0 Å². The summed E-state index contributed by atoms with van der Waals surface area (Å²) in [6.07, 6.45) is 10.9. The molecule has 0 aromatic carbocycles. The number of rotatable bonds is 4. The van der Waals surface area contributed by atoms with Gasteiger partial charge in [0.1, 0.15) is 0 Å². The van der Waals surface area contributed by atoms with E-state index in [4.69, 9.17) is 9.47 Å². The lowest BCUT2D eigenvalue weighted by Gasteiger charge is -2.21. The van der Waals surface area contributed by atoms with Crippen LogP contribution in [0.2, 0.25) is 0 Å². The molecule has 2 nitrogen and oxygen atoms in total. The van der Waals surface area contributed by atoms with Crippen LogP contribution in [0, 0.1) is 5.92 Å². The molecule has 1 aliphatic heterocycles. The van der Waals surface area contributed by atoms with Gasteiger partial charge in [-0.3, -0.25) is 0 Å². The van der Waals surface area contributed by atoms with Gasteiger partial charge in [-0.25, -0.2) is 0 Å². The Labute approximate surface area is 92.6 Å². The van der Waals surface area contributed by atoms with E-state index in [0.717, 1.165) is 32.2 Å². The summed E-state index contributed by atoms with van der Waals surface area (Å²) in [6.45, 7) is 2.78. The summed E-state index contributed by atoms with van der Waals surface area (Å²) in [4.78, 5) is 0. The van der Waals surface area contributed by atoms with Crippen LogP contribution in [-0.2, 0) is 9.47 Å². The van der Waals surface area contributed by atoms with E-state index in [0.29, 0.717) is 0 Å². The van der Waals surface area contributed by atoms with Gasteiger partial charge in [0, 0.05) is 13.2 Å². The van der Waals surface area contributed by atoms with Gasteiger partial charge < -0.3 is 9.47 Å². The molecule has 0 aromatic heterocycles. The Balaban J connectivity index is 1.55. The molecule has 0 aromatic rings. The molecule has 2 fully saturated rings. The molecule has 0 radical (unpaired) electrons. The fraction of sp³-hybridized carbons (Fsp3) is 0.846. The van der Waals surface area contributed by atoms with E-state index in [-0.39, 0.29) is 0 Å². The van der Waals surface area contributed by atoms with E-state index in [1.807, 2.05) is 6.26 Å². The van der Waals surface area contributed by atoms with Gasteiger partial charge in [0.05, 0.1) is 12.9 Å². The molecule has 15 heavy (non-hydrogen) atoms. The molecule has 1 atom stereocenters. The summed E-state index contributed by atoms with van der Waals surface area (Å²) in [7, 11) is 0. The predicted octanol–water partition coefficient (Wildman–Crippen LogP) is 3.28. The average molecular weight is 210 g/mol. The smallest absolute Gasteiger partial charge is 0.0876 e. The second-order valence-corrected chi connectivity index (χ2v) is 4.73. The molecule has 2 aliphatic rings. The Hall–Kier alpha value is -0.500. The normalized spacial score (nSPS) is 26.7. The van der Waals surface area contributed by atoms with Crippen LogP contribution in [-0.4, -0.2) is 19.8 Å². The van der Waals surface area contributed by atoms with Crippen LogP contribution in [0.4, 0.5) is 0 Å². The monoisotopic (exact) mass is 210 g/mol.